The van der Waals surface area contributed by atoms with E-state index in [4.69, 9.17) is 4.74 Å². The summed E-state index contributed by atoms with van der Waals surface area (Å²) in [5.74, 6) is 3.09. The van der Waals surface area contributed by atoms with Gasteiger partial charge in [0.15, 0.2) is 5.96 Å². The van der Waals surface area contributed by atoms with Crippen molar-refractivity contribution in [2.75, 3.05) is 20.2 Å². The van der Waals surface area contributed by atoms with E-state index in [9.17, 15) is 0 Å². The summed E-state index contributed by atoms with van der Waals surface area (Å²) < 4.78 is 8.05. The van der Waals surface area contributed by atoms with Gasteiger partial charge in [-0.15, -0.1) is 24.0 Å². The minimum Gasteiger partial charge on any atom is -0.377 e. The predicted molar refractivity (Wildman–Crippen MR) is 132 cm³/mol. The van der Waals surface area contributed by atoms with E-state index in [1.54, 1.807) is 13.2 Å². The second-order valence-electron chi connectivity index (χ2n) is 8.74. The molecule has 1 aliphatic rings. The Morgan fingerprint density at radius 2 is 2.07 bits per heavy atom. The molecule has 0 amide bonds. The zero-order valence-electron chi connectivity index (χ0n) is 18.7. The molecule has 0 radical (unpaired) electrons. The monoisotopic (exact) mass is 526 g/mol. The lowest BCUT2D eigenvalue weighted by molar-refractivity contribution is -0.0835. The van der Waals surface area contributed by atoms with Crippen LogP contribution in [0.5, 0.6) is 0 Å². The molecule has 3 heterocycles. The van der Waals surface area contributed by atoms with Gasteiger partial charge in [-0.1, -0.05) is 26.8 Å². The van der Waals surface area contributed by atoms with Crippen LogP contribution in [0, 0.1) is 18.3 Å². The molecule has 2 N–H and O–H groups in total. The van der Waals surface area contributed by atoms with Gasteiger partial charge >= 0.3 is 0 Å². The summed E-state index contributed by atoms with van der Waals surface area (Å²) in [7, 11) is 1.80. The Kier molecular flexibility index (Phi) is 9.09. The first-order chi connectivity index (χ1) is 13.9. The smallest absolute Gasteiger partial charge is 0.191 e. The minimum atomic E-state index is 0. The fraction of sp³-hybridized carbons (Fsp3) is 0.591. The first-order valence-corrected chi connectivity index (χ1v) is 10.4. The number of guanidine groups is 1. The van der Waals surface area contributed by atoms with Crippen LogP contribution in [0.4, 0.5) is 0 Å². The Morgan fingerprint density at radius 1 is 1.27 bits per heavy atom. The van der Waals surface area contributed by atoms with Gasteiger partial charge in [0.1, 0.15) is 11.6 Å². The van der Waals surface area contributed by atoms with E-state index < -0.39 is 0 Å². The Hall–Kier alpha value is -1.68. The van der Waals surface area contributed by atoms with Crippen LogP contribution in [0.3, 0.4) is 0 Å². The van der Waals surface area contributed by atoms with E-state index in [1.165, 1.54) is 6.42 Å². The first-order valence-electron chi connectivity index (χ1n) is 10.4. The third kappa shape index (κ3) is 6.41. The van der Waals surface area contributed by atoms with E-state index in [-0.39, 0.29) is 35.5 Å². The molecule has 1 fully saturated rings. The highest BCUT2D eigenvalue weighted by Gasteiger charge is 2.35. The van der Waals surface area contributed by atoms with Gasteiger partial charge in [0.05, 0.1) is 6.10 Å². The highest BCUT2D eigenvalue weighted by molar-refractivity contribution is 14.0. The van der Waals surface area contributed by atoms with Crippen LogP contribution in [0.15, 0.2) is 35.7 Å². The lowest BCUT2D eigenvalue weighted by Gasteiger charge is -2.40. The number of pyridine rings is 1. The molecule has 0 bridgehead atoms. The second-order valence-corrected chi connectivity index (χ2v) is 8.74. The van der Waals surface area contributed by atoms with E-state index >= 15 is 0 Å². The van der Waals surface area contributed by atoms with E-state index in [0.717, 1.165) is 42.7 Å². The average molecular weight is 526 g/mol. The zero-order chi connectivity index (χ0) is 20.9. The largest absolute Gasteiger partial charge is 0.377 e. The minimum absolute atomic E-state index is 0. The SMILES string of the molecule is CN=C(NCc1ccc(-n2ccnc2C)nc1)NCC1CCCOC1C(C)(C)C.I. The average Bonchev–Trinajstić information content (AvgIpc) is 3.14. The summed E-state index contributed by atoms with van der Waals surface area (Å²) >= 11 is 0. The van der Waals surface area contributed by atoms with Gasteiger partial charge in [-0.25, -0.2) is 9.97 Å². The number of hydrogen-bond donors (Lipinski definition) is 2. The predicted octanol–water partition coefficient (Wildman–Crippen LogP) is 3.70. The lowest BCUT2D eigenvalue weighted by Crippen LogP contribution is -2.47. The van der Waals surface area contributed by atoms with Gasteiger partial charge in [-0.3, -0.25) is 9.56 Å². The normalized spacial score (nSPS) is 19.8. The molecule has 0 aromatic carbocycles. The van der Waals surface area contributed by atoms with Crippen molar-refractivity contribution in [3.63, 3.8) is 0 Å². The van der Waals surface area contributed by atoms with Gasteiger partial charge < -0.3 is 15.4 Å². The van der Waals surface area contributed by atoms with Crippen molar-refractivity contribution in [2.45, 2.75) is 53.2 Å². The number of aryl methyl sites for hydroxylation is 1. The van der Waals surface area contributed by atoms with Gasteiger partial charge in [0.2, 0.25) is 0 Å². The maximum Gasteiger partial charge on any atom is 0.191 e. The third-order valence-electron chi connectivity index (χ3n) is 5.40. The molecule has 0 spiro atoms. The molecule has 3 rings (SSSR count). The summed E-state index contributed by atoms with van der Waals surface area (Å²) in [4.78, 5) is 13.2. The van der Waals surface area contributed by atoms with Gasteiger partial charge in [-0.05, 0) is 36.8 Å². The summed E-state index contributed by atoms with van der Waals surface area (Å²) in [6, 6.07) is 4.09. The van der Waals surface area contributed by atoms with Crippen LogP contribution < -0.4 is 10.6 Å². The molecule has 1 aliphatic heterocycles. The number of nitrogens with one attached hydrogen (secondary N) is 2. The van der Waals surface area contributed by atoms with Crippen LogP contribution in [0.25, 0.3) is 5.82 Å². The van der Waals surface area contributed by atoms with Crippen molar-refractivity contribution in [2.24, 2.45) is 16.3 Å². The number of hydrogen-bond acceptors (Lipinski definition) is 4. The van der Waals surface area contributed by atoms with Crippen molar-refractivity contribution in [3.8, 4) is 5.82 Å². The first kappa shape index (κ1) is 24.6. The number of ether oxygens (including phenoxy) is 1. The topological polar surface area (TPSA) is 76.4 Å². The molecule has 30 heavy (non-hydrogen) atoms. The Morgan fingerprint density at radius 3 is 2.67 bits per heavy atom. The van der Waals surface area contributed by atoms with Crippen molar-refractivity contribution < 1.29 is 4.74 Å². The molecule has 0 aliphatic carbocycles. The van der Waals surface area contributed by atoms with Crippen LogP contribution >= 0.6 is 24.0 Å². The molecule has 2 aromatic rings. The number of nitrogens with zero attached hydrogens (tertiary/aromatic N) is 4. The summed E-state index contributed by atoms with van der Waals surface area (Å²) in [6.45, 7) is 11.1. The molecule has 0 saturated carbocycles. The van der Waals surface area contributed by atoms with Gasteiger partial charge in [0, 0.05) is 51.3 Å². The van der Waals surface area contributed by atoms with Crippen molar-refractivity contribution >= 4 is 29.9 Å². The Bertz CT molecular complexity index is 812. The maximum atomic E-state index is 6.09. The fourth-order valence-corrected chi connectivity index (χ4v) is 3.93. The van der Waals surface area contributed by atoms with Crippen molar-refractivity contribution in [1.29, 1.82) is 0 Å². The number of rotatable bonds is 5. The summed E-state index contributed by atoms with van der Waals surface area (Å²) in [5, 5.41) is 6.86. The maximum absolute atomic E-state index is 6.09. The fourth-order valence-electron chi connectivity index (χ4n) is 3.93. The highest BCUT2D eigenvalue weighted by atomic mass is 127. The highest BCUT2D eigenvalue weighted by Crippen LogP contribution is 2.33. The van der Waals surface area contributed by atoms with Crippen molar-refractivity contribution in [1.82, 2.24) is 25.2 Å². The molecule has 2 aromatic heterocycles. The Balaban J connectivity index is 0.00000320. The van der Waals surface area contributed by atoms with Crippen molar-refractivity contribution in [3.05, 3.63) is 42.1 Å². The lowest BCUT2D eigenvalue weighted by atomic mass is 9.78. The number of aliphatic imine (C=N–C) groups is 1. The molecule has 7 nitrogen and oxygen atoms in total. The van der Waals surface area contributed by atoms with E-state index in [1.807, 2.05) is 30.0 Å². The molecule has 166 valence electrons. The molecular weight excluding hydrogens is 491 g/mol. The van der Waals surface area contributed by atoms with Crippen LogP contribution in [-0.2, 0) is 11.3 Å². The van der Waals surface area contributed by atoms with E-state index in [2.05, 4.69) is 52.4 Å². The number of imidazole rings is 1. The van der Waals surface area contributed by atoms with Gasteiger partial charge in [-0.2, -0.15) is 0 Å². The van der Waals surface area contributed by atoms with Crippen LogP contribution in [0.2, 0.25) is 0 Å². The molecular formula is C22H35IN6O. The summed E-state index contributed by atoms with van der Waals surface area (Å²) in [5.41, 5.74) is 1.24. The number of aromatic nitrogens is 3. The third-order valence-corrected chi connectivity index (χ3v) is 5.40. The van der Waals surface area contributed by atoms with E-state index in [0.29, 0.717) is 12.5 Å². The summed E-state index contributed by atoms with van der Waals surface area (Å²) in [6.07, 6.45) is 8.17. The zero-order valence-corrected chi connectivity index (χ0v) is 21.0. The molecule has 2 unspecified atom stereocenters. The molecule has 1 saturated heterocycles. The van der Waals surface area contributed by atoms with Crippen LogP contribution in [0.1, 0.15) is 45.0 Å². The van der Waals surface area contributed by atoms with Gasteiger partial charge in [0.25, 0.3) is 0 Å². The Labute approximate surface area is 197 Å². The second kappa shape index (κ2) is 11.1. The van der Waals surface area contributed by atoms with Crippen LogP contribution in [-0.4, -0.2) is 46.8 Å². The molecule has 2 atom stereocenters. The molecule has 8 heteroatoms. The standard InChI is InChI=1S/C22H34N6O.HI/c1-16-24-10-11-28(16)19-9-8-17(13-25-19)14-26-21(23-5)27-15-18-7-6-12-29-20(18)22(2,3)4;/h8-11,13,18,20H,6-7,12,14-15H2,1-5H3,(H2,23,26,27);1H. The quantitative estimate of drug-likeness (QED) is 0.353. The number of halogens is 1.